The van der Waals surface area contributed by atoms with Gasteiger partial charge >= 0.3 is 0 Å². The van der Waals surface area contributed by atoms with Crippen molar-refractivity contribution in [1.29, 1.82) is 5.26 Å². The van der Waals surface area contributed by atoms with Crippen molar-refractivity contribution in [3.05, 3.63) is 40.4 Å². The van der Waals surface area contributed by atoms with E-state index in [1.165, 1.54) is 0 Å². The standard InChI is InChI=1S/C17H18ClN5OS/c1-12(16(24)21-14-3-2-13(11-19)15(18)10-14)22-5-7-23(8-6-22)17-20-4-9-25-17/h2-4,9-10,12H,5-8H2,1H3,(H,21,24)/t12-/m1/s1. The molecule has 0 bridgehead atoms. The van der Waals surface area contributed by atoms with Gasteiger partial charge in [-0.05, 0) is 25.1 Å². The first-order valence-corrected chi connectivity index (χ1v) is 9.23. The summed E-state index contributed by atoms with van der Waals surface area (Å²) in [6.07, 6.45) is 1.81. The molecule has 1 aliphatic rings. The molecule has 1 amide bonds. The number of rotatable bonds is 4. The summed E-state index contributed by atoms with van der Waals surface area (Å²) < 4.78 is 0. The predicted molar refractivity (Wildman–Crippen MR) is 100 cm³/mol. The van der Waals surface area contributed by atoms with Gasteiger partial charge in [0.05, 0.1) is 16.6 Å². The summed E-state index contributed by atoms with van der Waals surface area (Å²) in [6, 6.07) is 6.66. The molecule has 0 aliphatic carbocycles. The number of halogens is 1. The molecule has 8 heteroatoms. The third-order valence-electron chi connectivity index (χ3n) is 4.29. The highest BCUT2D eigenvalue weighted by Gasteiger charge is 2.26. The van der Waals surface area contributed by atoms with E-state index in [1.54, 1.807) is 29.5 Å². The lowest BCUT2D eigenvalue weighted by Crippen LogP contribution is -2.52. The Balaban J connectivity index is 1.56. The van der Waals surface area contributed by atoms with Crippen molar-refractivity contribution in [2.45, 2.75) is 13.0 Å². The van der Waals surface area contributed by atoms with E-state index >= 15 is 0 Å². The average molecular weight is 376 g/mol. The van der Waals surface area contributed by atoms with Crippen LogP contribution in [-0.2, 0) is 4.79 Å². The van der Waals surface area contributed by atoms with Crippen molar-refractivity contribution < 1.29 is 4.79 Å². The van der Waals surface area contributed by atoms with Gasteiger partial charge < -0.3 is 10.2 Å². The number of nitriles is 1. The van der Waals surface area contributed by atoms with E-state index in [4.69, 9.17) is 16.9 Å². The van der Waals surface area contributed by atoms with Crippen LogP contribution in [-0.4, -0.2) is 48.0 Å². The molecule has 1 aliphatic heterocycles. The number of thiazole rings is 1. The van der Waals surface area contributed by atoms with Crippen molar-refractivity contribution in [1.82, 2.24) is 9.88 Å². The molecule has 1 N–H and O–H groups in total. The van der Waals surface area contributed by atoms with E-state index in [2.05, 4.69) is 20.1 Å². The van der Waals surface area contributed by atoms with Gasteiger partial charge in [-0.2, -0.15) is 5.26 Å². The number of anilines is 2. The molecule has 3 rings (SSSR count). The summed E-state index contributed by atoms with van der Waals surface area (Å²) in [5.74, 6) is -0.0801. The Bertz CT molecular complexity index is 781. The van der Waals surface area contributed by atoms with Gasteiger partial charge in [-0.25, -0.2) is 4.98 Å². The van der Waals surface area contributed by atoms with Crippen LogP contribution in [0.5, 0.6) is 0 Å². The number of piperazine rings is 1. The van der Waals surface area contributed by atoms with Crippen LogP contribution in [0.1, 0.15) is 12.5 Å². The van der Waals surface area contributed by atoms with Crippen LogP contribution in [0, 0.1) is 11.3 Å². The maximum absolute atomic E-state index is 12.5. The minimum Gasteiger partial charge on any atom is -0.346 e. The van der Waals surface area contributed by atoms with E-state index in [0.717, 1.165) is 31.3 Å². The van der Waals surface area contributed by atoms with Crippen LogP contribution >= 0.6 is 22.9 Å². The number of nitrogens with one attached hydrogen (secondary N) is 1. The Labute approximate surface area is 155 Å². The summed E-state index contributed by atoms with van der Waals surface area (Å²) in [4.78, 5) is 21.2. The van der Waals surface area contributed by atoms with E-state index in [9.17, 15) is 4.79 Å². The van der Waals surface area contributed by atoms with Gasteiger partial charge in [0.25, 0.3) is 0 Å². The Kier molecular flexibility index (Phi) is 5.53. The predicted octanol–water partition coefficient (Wildman–Crippen LogP) is 2.82. The van der Waals surface area contributed by atoms with Gasteiger partial charge in [-0.15, -0.1) is 11.3 Å². The van der Waals surface area contributed by atoms with Gasteiger partial charge in [0.1, 0.15) is 6.07 Å². The highest BCUT2D eigenvalue weighted by atomic mass is 35.5. The third kappa shape index (κ3) is 4.10. The summed E-state index contributed by atoms with van der Waals surface area (Å²) >= 11 is 7.64. The van der Waals surface area contributed by atoms with E-state index in [-0.39, 0.29) is 11.9 Å². The number of nitrogens with zero attached hydrogens (tertiary/aromatic N) is 4. The molecule has 1 saturated heterocycles. The van der Waals surface area contributed by atoms with E-state index in [0.29, 0.717) is 16.3 Å². The molecule has 1 atom stereocenters. The van der Waals surface area contributed by atoms with Crippen molar-refractivity contribution in [3.63, 3.8) is 0 Å². The van der Waals surface area contributed by atoms with Gasteiger partial charge in [0, 0.05) is 43.4 Å². The molecule has 0 radical (unpaired) electrons. The molecular weight excluding hydrogens is 358 g/mol. The van der Waals surface area contributed by atoms with Gasteiger partial charge in [0.15, 0.2) is 5.13 Å². The molecular formula is C17H18ClN5OS. The number of hydrogen-bond donors (Lipinski definition) is 1. The minimum absolute atomic E-state index is 0.0801. The molecule has 25 heavy (non-hydrogen) atoms. The molecule has 0 spiro atoms. The van der Waals surface area contributed by atoms with Crippen molar-refractivity contribution in [2.75, 3.05) is 36.4 Å². The lowest BCUT2D eigenvalue weighted by atomic mass is 10.2. The fourth-order valence-corrected chi connectivity index (χ4v) is 3.69. The van der Waals surface area contributed by atoms with E-state index < -0.39 is 0 Å². The fourth-order valence-electron chi connectivity index (χ4n) is 2.77. The molecule has 130 valence electrons. The molecule has 2 aromatic rings. The fraction of sp³-hybridized carbons (Fsp3) is 0.353. The Morgan fingerprint density at radius 2 is 2.16 bits per heavy atom. The van der Waals surface area contributed by atoms with Crippen LogP contribution in [0.4, 0.5) is 10.8 Å². The van der Waals surface area contributed by atoms with Gasteiger partial charge in [-0.1, -0.05) is 11.6 Å². The SMILES string of the molecule is C[C@H](C(=O)Nc1ccc(C#N)c(Cl)c1)N1CCN(c2nccs2)CC1. The molecule has 0 saturated carbocycles. The first-order valence-electron chi connectivity index (χ1n) is 7.97. The first-order chi connectivity index (χ1) is 12.1. The zero-order valence-corrected chi connectivity index (χ0v) is 15.3. The lowest BCUT2D eigenvalue weighted by molar-refractivity contribution is -0.120. The maximum Gasteiger partial charge on any atom is 0.241 e. The Morgan fingerprint density at radius 3 is 2.76 bits per heavy atom. The minimum atomic E-state index is -0.243. The Hall–Kier alpha value is -2.14. The van der Waals surface area contributed by atoms with Crippen LogP contribution in [0.25, 0.3) is 0 Å². The van der Waals surface area contributed by atoms with Crippen LogP contribution in [0.15, 0.2) is 29.8 Å². The molecule has 1 aromatic carbocycles. The quantitative estimate of drug-likeness (QED) is 0.889. The van der Waals surface area contributed by atoms with Crippen molar-refractivity contribution in [3.8, 4) is 6.07 Å². The zero-order valence-electron chi connectivity index (χ0n) is 13.8. The summed E-state index contributed by atoms with van der Waals surface area (Å²) in [5, 5.41) is 15.1. The largest absolute Gasteiger partial charge is 0.346 e. The first kappa shape index (κ1) is 17.7. The highest BCUT2D eigenvalue weighted by molar-refractivity contribution is 7.13. The summed E-state index contributed by atoms with van der Waals surface area (Å²) in [6.45, 7) is 5.23. The molecule has 2 heterocycles. The maximum atomic E-state index is 12.5. The number of hydrogen-bond acceptors (Lipinski definition) is 6. The molecule has 0 unspecified atom stereocenters. The second kappa shape index (κ2) is 7.83. The molecule has 1 fully saturated rings. The monoisotopic (exact) mass is 375 g/mol. The Morgan fingerprint density at radius 1 is 1.40 bits per heavy atom. The summed E-state index contributed by atoms with van der Waals surface area (Å²) in [5.41, 5.74) is 0.994. The van der Waals surface area contributed by atoms with Crippen LogP contribution in [0.3, 0.4) is 0 Å². The molecule has 6 nitrogen and oxygen atoms in total. The topological polar surface area (TPSA) is 72.3 Å². The number of amides is 1. The van der Waals surface area contributed by atoms with Crippen molar-refractivity contribution >= 4 is 39.7 Å². The highest BCUT2D eigenvalue weighted by Crippen LogP contribution is 2.22. The summed E-state index contributed by atoms with van der Waals surface area (Å²) in [7, 11) is 0. The van der Waals surface area contributed by atoms with Crippen molar-refractivity contribution in [2.24, 2.45) is 0 Å². The normalized spacial score (nSPS) is 16.3. The smallest absolute Gasteiger partial charge is 0.241 e. The van der Waals surface area contributed by atoms with E-state index in [1.807, 2.05) is 24.6 Å². The number of carbonyl (C=O) groups excluding carboxylic acids is 1. The zero-order chi connectivity index (χ0) is 17.8. The number of carbonyl (C=O) groups is 1. The number of aromatic nitrogens is 1. The van der Waals surface area contributed by atoms with Gasteiger partial charge in [-0.3, -0.25) is 9.69 Å². The third-order valence-corrected chi connectivity index (χ3v) is 5.43. The van der Waals surface area contributed by atoms with Crippen LogP contribution in [0.2, 0.25) is 5.02 Å². The molecule has 1 aromatic heterocycles. The second-order valence-electron chi connectivity index (χ2n) is 5.81. The van der Waals surface area contributed by atoms with Crippen LogP contribution < -0.4 is 10.2 Å². The number of benzene rings is 1. The van der Waals surface area contributed by atoms with Gasteiger partial charge in [0.2, 0.25) is 5.91 Å². The lowest BCUT2D eigenvalue weighted by Gasteiger charge is -2.37. The average Bonchev–Trinajstić information content (AvgIpc) is 3.16. The second-order valence-corrected chi connectivity index (χ2v) is 7.09.